The Labute approximate surface area is 184 Å². The summed E-state index contributed by atoms with van der Waals surface area (Å²) in [7, 11) is 0. The molecule has 0 N–H and O–H groups in total. The van der Waals surface area contributed by atoms with Gasteiger partial charge in [-0.3, -0.25) is 4.79 Å². The maximum absolute atomic E-state index is 10.6. The van der Waals surface area contributed by atoms with Crippen LogP contribution in [0.25, 0.3) is 0 Å². The van der Waals surface area contributed by atoms with Crippen LogP contribution in [0.5, 0.6) is 5.75 Å². The summed E-state index contributed by atoms with van der Waals surface area (Å²) in [5, 5.41) is 0. The van der Waals surface area contributed by atoms with E-state index in [1.54, 1.807) is 24.3 Å². The van der Waals surface area contributed by atoms with Crippen molar-refractivity contribution in [3.63, 3.8) is 0 Å². The first-order valence-corrected chi connectivity index (χ1v) is 10.5. The molecule has 0 saturated heterocycles. The minimum absolute atomic E-state index is 0.445. The normalized spacial score (nSPS) is 10.8. The summed E-state index contributed by atoms with van der Waals surface area (Å²) in [6.45, 7) is 5.75. The molecule has 2 aromatic carbocycles. The van der Waals surface area contributed by atoms with E-state index in [4.69, 9.17) is 28.4 Å². The van der Waals surface area contributed by atoms with Gasteiger partial charge in [0, 0.05) is 5.56 Å². The van der Waals surface area contributed by atoms with Crippen molar-refractivity contribution in [3.05, 3.63) is 65.7 Å². The minimum Gasteiger partial charge on any atom is -0.491 e. The Balaban J connectivity index is 1.26. The van der Waals surface area contributed by atoms with E-state index < -0.39 is 0 Å². The molecule has 0 aliphatic heterocycles. The summed E-state index contributed by atoms with van der Waals surface area (Å²) < 4.78 is 32.8. The molecule has 0 heterocycles. The summed E-state index contributed by atoms with van der Waals surface area (Å²) in [5.74, 6) is 0.714. The molecule has 0 radical (unpaired) electrons. The first kappa shape index (κ1) is 25.0. The van der Waals surface area contributed by atoms with Crippen LogP contribution in [-0.4, -0.2) is 72.4 Å². The van der Waals surface area contributed by atoms with E-state index >= 15 is 0 Å². The lowest BCUT2D eigenvalue weighted by Crippen LogP contribution is -2.14. The summed E-state index contributed by atoms with van der Waals surface area (Å²) in [6.07, 6.45) is 0.802. The fraction of sp³-hybridized carbons (Fsp3) is 0.458. The van der Waals surface area contributed by atoms with Crippen molar-refractivity contribution >= 4 is 6.29 Å². The molecule has 2 rings (SSSR count). The van der Waals surface area contributed by atoms with Gasteiger partial charge in [0.15, 0.2) is 0 Å². The summed E-state index contributed by atoms with van der Waals surface area (Å²) in [6, 6.07) is 17.0. The number of carbonyl (C=O) groups excluding carboxylic acids is 1. The molecule has 2 aromatic rings. The minimum atomic E-state index is 0.445. The molecule has 0 amide bonds. The number of ether oxygens (including phenoxy) is 6. The molecule has 170 valence electrons. The molecule has 0 aliphatic carbocycles. The Morgan fingerprint density at radius 1 is 0.548 bits per heavy atom. The van der Waals surface area contributed by atoms with E-state index in [1.807, 2.05) is 30.3 Å². The van der Waals surface area contributed by atoms with E-state index in [0.29, 0.717) is 84.0 Å². The lowest BCUT2D eigenvalue weighted by molar-refractivity contribution is -0.0139. The van der Waals surface area contributed by atoms with Crippen molar-refractivity contribution in [2.24, 2.45) is 0 Å². The standard InChI is InChI=1S/C24H32O7/c25-20-22-6-8-24(9-7-22)31-19-18-29-15-14-27-11-10-26-12-13-28-16-17-30-21-23-4-2-1-3-5-23/h1-9,20H,10-19,21H2. The maximum Gasteiger partial charge on any atom is 0.150 e. The van der Waals surface area contributed by atoms with Gasteiger partial charge >= 0.3 is 0 Å². The summed E-state index contributed by atoms with van der Waals surface area (Å²) in [4.78, 5) is 10.6. The second-order valence-electron chi connectivity index (χ2n) is 6.52. The molecule has 0 atom stereocenters. The third-order valence-electron chi connectivity index (χ3n) is 4.11. The summed E-state index contributed by atoms with van der Waals surface area (Å²) >= 11 is 0. The number of rotatable bonds is 19. The number of hydrogen-bond acceptors (Lipinski definition) is 7. The van der Waals surface area contributed by atoms with Gasteiger partial charge in [-0.2, -0.15) is 0 Å². The molecule has 0 unspecified atom stereocenters. The number of hydrogen-bond donors (Lipinski definition) is 0. The molecule has 0 spiro atoms. The number of aldehydes is 1. The van der Waals surface area contributed by atoms with E-state index in [1.165, 1.54) is 0 Å². The first-order valence-electron chi connectivity index (χ1n) is 10.5. The zero-order valence-corrected chi connectivity index (χ0v) is 17.9. The van der Waals surface area contributed by atoms with Crippen molar-refractivity contribution in [3.8, 4) is 5.75 Å². The van der Waals surface area contributed by atoms with Crippen molar-refractivity contribution < 1.29 is 33.2 Å². The van der Waals surface area contributed by atoms with E-state index in [-0.39, 0.29) is 0 Å². The monoisotopic (exact) mass is 432 g/mol. The lowest BCUT2D eigenvalue weighted by Gasteiger charge is -2.09. The van der Waals surface area contributed by atoms with Crippen LogP contribution < -0.4 is 4.74 Å². The summed E-state index contributed by atoms with van der Waals surface area (Å²) in [5.41, 5.74) is 1.79. The van der Waals surface area contributed by atoms with E-state index in [9.17, 15) is 4.79 Å². The zero-order valence-electron chi connectivity index (χ0n) is 17.9. The highest BCUT2D eigenvalue weighted by Gasteiger charge is 1.96. The molecule has 0 aromatic heterocycles. The topological polar surface area (TPSA) is 72.5 Å². The fourth-order valence-electron chi connectivity index (χ4n) is 2.50. The molecular formula is C24H32O7. The molecular weight excluding hydrogens is 400 g/mol. The molecule has 0 saturated carbocycles. The molecule has 7 heteroatoms. The van der Waals surface area contributed by atoms with Crippen LogP contribution in [-0.2, 0) is 30.3 Å². The number of benzene rings is 2. The Kier molecular flexibility index (Phi) is 14.0. The van der Waals surface area contributed by atoms with Crippen LogP contribution in [0.3, 0.4) is 0 Å². The molecule has 0 bridgehead atoms. The largest absolute Gasteiger partial charge is 0.491 e. The second kappa shape index (κ2) is 17.4. The van der Waals surface area contributed by atoms with Gasteiger partial charge in [0.25, 0.3) is 0 Å². The quantitative estimate of drug-likeness (QED) is 0.249. The Morgan fingerprint density at radius 3 is 1.55 bits per heavy atom. The van der Waals surface area contributed by atoms with Gasteiger partial charge in [0.05, 0.1) is 66.1 Å². The average Bonchev–Trinajstić information content (AvgIpc) is 2.82. The van der Waals surface area contributed by atoms with Crippen LogP contribution >= 0.6 is 0 Å². The van der Waals surface area contributed by atoms with Gasteiger partial charge in [-0.1, -0.05) is 30.3 Å². The van der Waals surface area contributed by atoms with Gasteiger partial charge in [-0.05, 0) is 29.8 Å². The maximum atomic E-state index is 10.6. The van der Waals surface area contributed by atoms with Crippen LogP contribution in [0.4, 0.5) is 0 Å². The second-order valence-corrected chi connectivity index (χ2v) is 6.52. The highest BCUT2D eigenvalue weighted by atomic mass is 16.6. The van der Waals surface area contributed by atoms with Gasteiger partial charge in [-0.15, -0.1) is 0 Å². The van der Waals surface area contributed by atoms with E-state index in [2.05, 4.69) is 0 Å². The first-order chi connectivity index (χ1) is 15.4. The Hall–Kier alpha value is -2.29. The van der Waals surface area contributed by atoms with Crippen LogP contribution in [0.1, 0.15) is 15.9 Å². The highest BCUT2D eigenvalue weighted by Crippen LogP contribution is 2.10. The van der Waals surface area contributed by atoms with Crippen molar-refractivity contribution in [2.75, 3.05) is 66.1 Å². The molecule has 7 nitrogen and oxygen atoms in total. The fourth-order valence-corrected chi connectivity index (χ4v) is 2.50. The van der Waals surface area contributed by atoms with E-state index in [0.717, 1.165) is 11.8 Å². The third kappa shape index (κ3) is 12.9. The average molecular weight is 433 g/mol. The van der Waals surface area contributed by atoms with Crippen molar-refractivity contribution in [2.45, 2.75) is 6.61 Å². The predicted octanol–water partition coefficient (Wildman–Crippen LogP) is 3.16. The van der Waals surface area contributed by atoms with Crippen molar-refractivity contribution in [1.82, 2.24) is 0 Å². The molecule has 0 fully saturated rings. The van der Waals surface area contributed by atoms with Crippen molar-refractivity contribution in [1.29, 1.82) is 0 Å². The number of carbonyl (C=O) groups is 1. The van der Waals surface area contributed by atoms with Gasteiger partial charge in [0.1, 0.15) is 18.6 Å². The smallest absolute Gasteiger partial charge is 0.150 e. The Morgan fingerprint density at radius 2 is 1.03 bits per heavy atom. The Bertz CT molecular complexity index is 676. The third-order valence-corrected chi connectivity index (χ3v) is 4.11. The van der Waals surface area contributed by atoms with Gasteiger partial charge in [-0.25, -0.2) is 0 Å². The van der Waals surface area contributed by atoms with Crippen LogP contribution in [0.2, 0.25) is 0 Å². The van der Waals surface area contributed by atoms with Crippen LogP contribution in [0, 0.1) is 0 Å². The van der Waals surface area contributed by atoms with Gasteiger partial charge < -0.3 is 28.4 Å². The van der Waals surface area contributed by atoms with Gasteiger partial charge in [0.2, 0.25) is 0 Å². The highest BCUT2D eigenvalue weighted by molar-refractivity contribution is 5.74. The van der Waals surface area contributed by atoms with Crippen LogP contribution in [0.15, 0.2) is 54.6 Å². The molecule has 0 aliphatic rings. The predicted molar refractivity (Wildman–Crippen MR) is 117 cm³/mol. The lowest BCUT2D eigenvalue weighted by atomic mass is 10.2. The SMILES string of the molecule is O=Cc1ccc(OCCOCCOCCOCCOCCOCc2ccccc2)cc1. The zero-order chi connectivity index (χ0) is 21.8. The molecule has 31 heavy (non-hydrogen) atoms.